The first-order valence-corrected chi connectivity index (χ1v) is 9.11. The maximum absolute atomic E-state index is 12.5. The number of aryl methyl sites for hydroxylation is 1. The molecule has 1 unspecified atom stereocenters. The first kappa shape index (κ1) is 17.2. The van der Waals surface area contributed by atoms with Gasteiger partial charge < -0.3 is 14.5 Å². The van der Waals surface area contributed by atoms with Crippen molar-refractivity contribution < 1.29 is 9.53 Å². The van der Waals surface area contributed by atoms with Gasteiger partial charge in [-0.1, -0.05) is 0 Å². The van der Waals surface area contributed by atoms with E-state index in [-0.39, 0.29) is 12.0 Å². The molecule has 0 aromatic carbocycles. The highest BCUT2D eigenvalue weighted by Crippen LogP contribution is 2.23. The van der Waals surface area contributed by atoms with Gasteiger partial charge in [-0.05, 0) is 6.92 Å². The van der Waals surface area contributed by atoms with Crippen molar-refractivity contribution in [2.45, 2.75) is 13.0 Å². The topological polar surface area (TPSA) is 79.6 Å². The van der Waals surface area contributed by atoms with Gasteiger partial charge in [-0.2, -0.15) is 5.10 Å². The average Bonchev–Trinajstić information content (AvgIpc) is 3.04. The molecule has 1 atom stereocenters. The van der Waals surface area contributed by atoms with Crippen LogP contribution in [0.1, 0.15) is 6.92 Å². The number of fused-ring (bicyclic) bond motifs is 1. The molecule has 0 saturated carbocycles. The highest BCUT2D eigenvalue weighted by Gasteiger charge is 2.26. The number of piperazine rings is 1. The van der Waals surface area contributed by atoms with Gasteiger partial charge in [0.1, 0.15) is 12.1 Å². The number of morpholine rings is 1. The molecule has 4 heterocycles. The third-order valence-electron chi connectivity index (χ3n) is 5.13. The standard InChI is InChI=1S/C17H25N7O2/c1-13-10-24(7-8-26-13)15(25)11-22-3-5-23(6-4-22)17-14-9-20-21(2)16(14)18-12-19-17/h9,12-13H,3-8,10-11H2,1-2H3. The predicted octanol–water partition coefficient (Wildman–Crippen LogP) is -0.267. The van der Waals surface area contributed by atoms with E-state index in [9.17, 15) is 4.79 Å². The molecule has 4 rings (SSSR count). The molecule has 0 N–H and O–H groups in total. The van der Waals surface area contributed by atoms with Gasteiger partial charge in [0.05, 0.1) is 30.8 Å². The quantitative estimate of drug-likeness (QED) is 0.746. The Labute approximate surface area is 152 Å². The van der Waals surface area contributed by atoms with Crippen LogP contribution in [0.4, 0.5) is 5.82 Å². The van der Waals surface area contributed by atoms with Crippen LogP contribution in [0, 0.1) is 0 Å². The predicted molar refractivity (Wildman–Crippen MR) is 97.0 cm³/mol. The van der Waals surface area contributed by atoms with Crippen LogP contribution in [0.15, 0.2) is 12.5 Å². The Morgan fingerprint density at radius 2 is 2.04 bits per heavy atom. The summed E-state index contributed by atoms with van der Waals surface area (Å²) in [5, 5.41) is 5.25. The van der Waals surface area contributed by atoms with Gasteiger partial charge in [-0.15, -0.1) is 0 Å². The smallest absolute Gasteiger partial charge is 0.236 e. The van der Waals surface area contributed by atoms with Gasteiger partial charge in [0, 0.05) is 46.3 Å². The summed E-state index contributed by atoms with van der Waals surface area (Å²) in [5.41, 5.74) is 0.842. The summed E-state index contributed by atoms with van der Waals surface area (Å²) in [7, 11) is 1.88. The van der Waals surface area contributed by atoms with Crippen LogP contribution in [0.5, 0.6) is 0 Å². The SMILES string of the molecule is CC1CN(C(=O)CN2CCN(c3ncnc4c3cnn4C)CC2)CCO1. The van der Waals surface area contributed by atoms with E-state index < -0.39 is 0 Å². The van der Waals surface area contributed by atoms with Crippen molar-refractivity contribution in [2.75, 3.05) is 57.3 Å². The molecular formula is C17H25N7O2. The van der Waals surface area contributed by atoms with Crippen LogP contribution in [0.3, 0.4) is 0 Å². The van der Waals surface area contributed by atoms with E-state index in [2.05, 4.69) is 24.9 Å². The van der Waals surface area contributed by atoms with Crippen LogP contribution in [-0.2, 0) is 16.6 Å². The molecule has 0 bridgehead atoms. The second-order valence-corrected chi connectivity index (χ2v) is 6.99. The zero-order valence-electron chi connectivity index (χ0n) is 15.3. The number of hydrogen-bond donors (Lipinski definition) is 0. The second kappa shape index (κ2) is 7.16. The van der Waals surface area contributed by atoms with Crippen LogP contribution in [0.2, 0.25) is 0 Å². The van der Waals surface area contributed by atoms with E-state index >= 15 is 0 Å². The molecule has 2 aliphatic heterocycles. The van der Waals surface area contributed by atoms with Crippen LogP contribution in [-0.4, -0.2) is 94.0 Å². The summed E-state index contributed by atoms with van der Waals surface area (Å²) >= 11 is 0. The molecule has 9 nitrogen and oxygen atoms in total. The van der Waals surface area contributed by atoms with Crippen molar-refractivity contribution >= 4 is 22.8 Å². The Bertz CT molecular complexity index is 785. The number of hydrogen-bond acceptors (Lipinski definition) is 7. The van der Waals surface area contributed by atoms with Crippen molar-refractivity contribution in [1.82, 2.24) is 29.5 Å². The molecule has 2 fully saturated rings. The molecule has 1 amide bonds. The highest BCUT2D eigenvalue weighted by atomic mass is 16.5. The molecule has 0 spiro atoms. The number of carbonyl (C=O) groups excluding carboxylic acids is 1. The van der Waals surface area contributed by atoms with Crippen molar-refractivity contribution in [1.29, 1.82) is 0 Å². The summed E-state index contributed by atoms with van der Waals surface area (Å²) in [4.78, 5) is 27.7. The normalized spacial score (nSPS) is 22.2. The van der Waals surface area contributed by atoms with E-state index in [1.165, 1.54) is 0 Å². The summed E-state index contributed by atoms with van der Waals surface area (Å²) < 4.78 is 7.28. The molecular weight excluding hydrogens is 334 g/mol. The maximum atomic E-state index is 12.5. The summed E-state index contributed by atoms with van der Waals surface area (Å²) in [6.45, 7) is 7.89. The molecule has 2 aliphatic rings. The highest BCUT2D eigenvalue weighted by molar-refractivity contribution is 5.86. The molecule has 140 valence electrons. The molecule has 26 heavy (non-hydrogen) atoms. The van der Waals surface area contributed by atoms with E-state index in [0.29, 0.717) is 26.2 Å². The number of carbonyl (C=O) groups is 1. The summed E-state index contributed by atoms with van der Waals surface area (Å²) in [6, 6.07) is 0. The zero-order chi connectivity index (χ0) is 18.1. The minimum absolute atomic E-state index is 0.129. The Hall–Kier alpha value is -2.26. The van der Waals surface area contributed by atoms with Crippen molar-refractivity contribution in [3.8, 4) is 0 Å². The molecule has 9 heteroatoms. The van der Waals surface area contributed by atoms with Gasteiger partial charge in [0.15, 0.2) is 5.65 Å². The third-order valence-corrected chi connectivity index (χ3v) is 5.13. The van der Waals surface area contributed by atoms with Crippen molar-refractivity contribution in [2.24, 2.45) is 7.05 Å². The fourth-order valence-corrected chi connectivity index (χ4v) is 3.66. The zero-order valence-corrected chi connectivity index (χ0v) is 15.3. The molecule has 2 aromatic rings. The summed E-state index contributed by atoms with van der Waals surface area (Å²) in [5.74, 6) is 1.13. The first-order valence-electron chi connectivity index (χ1n) is 9.11. The Morgan fingerprint density at radius 1 is 1.23 bits per heavy atom. The minimum Gasteiger partial charge on any atom is -0.375 e. The number of rotatable bonds is 3. The maximum Gasteiger partial charge on any atom is 0.236 e. The summed E-state index contributed by atoms with van der Waals surface area (Å²) in [6.07, 6.45) is 3.54. The molecule has 2 aromatic heterocycles. The minimum atomic E-state index is 0.129. The second-order valence-electron chi connectivity index (χ2n) is 6.99. The number of ether oxygens (including phenoxy) is 1. The van der Waals surface area contributed by atoms with Gasteiger partial charge in [0.2, 0.25) is 5.91 Å². The van der Waals surface area contributed by atoms with Gasteiger partial charge in [0.25, 0.3) is 0 Å². The lowest BCUT2D eigenvalue weighted by atomic mass is 10.2. The van der Waals surface area contributed by atoms with Crippen molar-refractivity contribution in [3.05, 3.63) is 12.5 Å². The van der Waals surface area contributed by atoms with Crippen LogP contribution in [0.25, 0.3) is 11.0 Å². The lowest BCUT2D eigenvalue weighted by molar-refractivity contribution is -0.139. The number of anilines is 1. The molecule has 0 radical (unpaired) electrons. The van der Waals surface area contributed by atoms with Crippen LogP contribution >= 0.6 is 0 Å². The fourth-order valence-electron chi connectivity index (χ4n) is 3.66. The Balaban J connectivity index is 1.36. The Morgan fingerprint density at radius 3 is 2.81 bits per heavy atom. The number of amides is 1. The largest absolute Gasteiger partial charge is 0.375 e. The lowest BCUT2D eigenvalue weighted by Crippen LogP contribution is -2.52. The molecule has 0 aliphatic carbocycles. The monoisotopic (exact) mass is 359 g/mol. The van der Waals surface area contributed by atoms with Crippen LogP contribution < -0.4 is 4.90 Å². The number of aromatic nitrogens is 4. The first-order chi connectivity index (χ1) is 12.6. The number of nitrogens with zero attached hydrogens (tertiary/aromatic N) is 7. The van der Waals surface area contributed by atoms with Crippen molar-refractivity contribution in [3.63, 3.8) is 0 Å². The fraction of sp³-hybridized carbons (Fsp3) is 0.647. The van der Waals surface area contributed by atoms with E-state index in [4.69, 9.17) is 4.74 Å². The van der Waals surface area contributed by atoms with Gasteiger partial charge >= 0.3 is 0 Å². The average molecular weight is 359 g/mol. The van der Waals surface area contributed by atoms with Gasteiger partial charge in [-0.25, -0.2) is 9.97 Å². The molecule has 2 saturated heterocycles. The lowest BCUT2D eigenvalue weighted by Gasteiger charge is -2.37. The third kappa shape index (κ3) is 3.36. The van der Waals surface area contributed by atoms with E-state index in [1.54, 1.807) is 11.0 Å². The Kier molecular flexibility index (Phi) is 4.73. The van der Waals surface area contributed by atoms with E-state index in [0.717, 1.165) is 43.0 Å². The van der Waals surface area contributed by atoms with Gasteiger partial charge in [-0.3, -0.25) is 14.4 Å². The van der Waals surface area contributed by atoms with E-state index in [1.807, 2.05) is 25.1 Å².